The van der Waals surface area contributed by atoms with Gasteiger partial charge in [0.15, 0.2) is 0 Å². The molecule has 0 aromatic carbocycles. The highest BCUT2D eigenvalue weighted by Gasteiger charge is 2.23. The van der Waals surface area contributed by atoms with Crippen LogP contribution in [0.3, 0.4) is 0 Å². The number of nitrogens with one attached hydrogen (secondary N) is 1. The van der Waals surface area contributed by atoms with E-state index in [1.54, 1.807) is 37.5 Å². The molecule has 0 radical (unpaired) electrons. The molecule has 4 rings (SSSR count). The van der Waals surface area contributed by atoms with Gasteiger partial charge in [-0.1, -0.05) is 24.0 Å². The van der Waals surface area contributed by atoms with Gasteiger partial charge in [0.2, 0.25) is 5.95 Å². The molecule has 1 fully saturated rings. The quantitative estimate of drug-likeness (QED) is 0.420. The number of furan rings is 1. The fourth-order valence-electron chi connectivity index (χ4n) is 2.51. The summed E-state index contributed by atoms with van der Waals surface area (Å²) in [5.74, 6) is -0.237. The molecule has 4 heterocycles. The highest BCUT2D eigenvalue weighted by molar-refractivity contribution is 8.26. The van der Waals surface area contributed by atoms with Crippen LogP contribution in [0.15, 0.2) is 40.0 Å². The van der Waals surface area contributed by atoms with Gasteiger partial charge in [-0.25, -0.2) is 4.98 Å². The number of aryl methyl sites for hydroxylation is 1. The number of thioether (sulfide) groups is 1. The van der Waals surface area contributed by atoms with Crippen LogP contribution in [0.5, 0.6) is 0 Å². The average molecular weight is 371 g/mol. The first kappa shape index (κ1) is 15.9. The maximum Gasteiger partial charge on any atom is 0.263 e. The van der Waals surface area contributed by atoms with E-state index in [-0.39, 0.29) is 5.91 Å². The van der Waals surface area contributed by atoms with Gasteiger partial charge in [-0.05, 0) is 19.1 Å². The highest BCUT2D eigenvalue weighted by Crippen LogP contribution is 2.33. The lowest BCUT2D eigenvalue weighted by molar-refractivity contribution is -0.115. The minimum absolute atomic E-state index is 0.243. The van der Waals surface area contributed by atoms with E-state index < -0.39 is 5.95 Å². The number of rotatable bonds is 2. The minimum Gasteiger partial charge on any atom is -0.456 e. The molecule has 5 nitrogen and oxygen atoms in total. The fraction of sp³-hybridized carbons (Fsp3) is 0.0588. The molecule has 0 aliphatic carbocycles. The molecule has 1 saturated heterocycles. The van der Waals surface area contributed by atoms with Crippen LogP contribution in [-0.4, -0.2) is 20.2 Å². The van der Waals surface area contributed by atoms with Crippen LogP contribution < -0.4 is 5.32 Å². The lowest BCUT2D eigenvalue weighted by Crippen LogP contribution is -2.17. The van der Waals surface area contributed by atoms with Gasteiger partial charge in [0.1, 0.15) is 15.7 Å². The first-order chi connectivity index (χ1) is 12.0. The second-order valence-electron chi connectivity index (χ2n) is 5.44. The maximum absolute atomic E-state index is 13.4. The number of thiocarbonyl (C=S) groups is 1. The first-order valence-electron chi connectivity index (χ1n) is 7.26. The number of amides is 1. The van der Waals surface area contributed by atoms with E-state index >= 15 is 0 Å². The van der Waals surface area contributed by atoms with Crippen molar-refractivity contribution < 1.29 is 13.6 Å². The third-order valence-electron chi connectivity index (χ3n) is 3.68. The normalized spacial score (nSPS) is 16.0. The van der Waals surface area contributed by atoms with Crippen molar-refractivity contribution in [2.75, 3.05) is 0 Å². The number of hydrogen-bond donors (Lipinski definition) is 1. The topological polar surface area (TPSA) is 68.0 Å². The van der Waals surface area contributed by atoms with E-state index in [0.29, 0.717) is 37.3 Å². The second-order valence-corrected chi connectivity index (χ2v) is 7.16. The largest absolute Gasteiger partial charge is 0.456 e. The van der Waals surface area contributed by atoms with Crippen molar-refractivity contribution >= 4 is 51.3 Å². The molecule has 25 heavy (non-hydrogen) atoms. The Morgan fingerprint density at radius 1 is 1.32 bits per heavy atom. The molecule has 1 aliphatic heterocycles. The smallest absolute Gasteiger partial charge is 0.263 e. The highest BCUT2D eigenvalue weighted by atomic mass is 32.2. The van der Waals surface area contributed by atoms with Gasteiger partial charge in [-0.3, -0.25) is 9.78 Å². The van der Waals surface area contributed by atoms with Crippen LogP contribution in [0.1, 0.15) is 11.3 Å². The summed E-state index contributed by atoms with van der Waals surface area (Å²) in [4.78, 5) is 20.2. The minimum atomic E-state index is -0.506. The molecule has 0 spiro atoms. The molecule has 1 N–H and O–H groups in total. The first-order valence-corrected chi connectivity index (χ1v) is 8.48. The van der Waals surface area contributed by atoms with Gasteiger partial charge in [0, 0.05) is 46.7 Å². The number of pyridine rings is 2. The number of nitrogens with zero attached hydrogens (tertiary/aromatic N) is 2. The number of carbonyl (C=O) groups excluding carboxylic acids is 1. The SMILES string of the molecule is Cc1cc(-c2cncc3cc(/C=C4\SC(=S)NC4=O)oc23)cnc1F. The number of hydrogen-bond acceptors (Lipinski definition) is 6. The van der Waals surface area contributed by atoms with Gasteiger partial charge in [-0.2, -0.15) is 4.39 Å². The van der Waals surface area contributed by atoms with Gasteiger partial charge in [0.05, 0.1) is 4.91 Å². The van der Waals surface area contributed by atoms with Crippen molar-refractivity contribution in [2.24, 2.45) is 0 Å². The number of carbonyl (C=O) groups is 1. The number of halogens is 1. The summed E-state index contributed by atoms with van der Waals surface area (Å²) in [5.41, 5.74) is 2.45. The maximum atomic E-state index is 13.4. The zero-order chi connectivity index (χ0) is 17.6. The fourth-order valence-corrected chi connectivity index (χ4v) is 3.54. The third-order valence-corrected chi connectivity index (χ3v) is 4.85. The number of fused-ring (bicyclic) bond motifs is 1. The molecule has 0 unspecified atom stereocenters. The Balaban J connectivity index is 1.81. The van der Waals surface area contributed by atoms with Crippen molar-refractivity contribution in [3.8, 4) is 11.1 Å². The standard InChI is InChI=1S/C17H10FN3O2S2/c1-8-2-9(6-20-15(8)18)12-7-19-5-10-3-11(23-14(10)12)4-13-16(22)21-17(24)25-13/h2-7H,1H3,(H,21,22,24)/b13-4-. The Labute approximate surface area is 151 Å². The molecular weight excluding hydrogens is 361 g/mol. The van der Waals surface area contributed by atoms with E-state index in [9.17, 15) is 9.18 Å². The molecule has 124 valence electrons. The molecule has 1 aliphatic rings. The molecular formula is C17H10FN3O2S2. The van der Waals surface area contributed by atoms with Crippen molar-refractivity contribution in [3.05, 3.63) is 52.9 Å². The summed E-state index contributed by atoms with van der Waals surface area (Å²) >= 11 is 6.16. The van der Waals surface area contributed by atoms with Gasteiger partial charge < -0.3 is 9.73 Å². The monoisotopic (exact) mass is 371 g/mol. The zero-order valence-electron chi connectivity index (χ0n) is 12.9. The van der Waals surface area contributed by atoms with E-state index in [1.165, 1.54) is 18.0 Å². The molecule has 0 saturated carbocycles. The number of aromatic nitrogens is 2. The Hall–Kier alpha value is -2.58. The van der Waals surface area contributed by atoms with E-state index in [2.05, 4.69) is 15.3 Å². The van der Waals surface area contributed by atoms with Crippen LogP contribution in [0, 0.1) is 12.9 Å². The van der Waals surface area contributed by atoms with E-state index in [4.69, 9.17) is 16.6 Å². The molecule has 0 atom stereocenters. The van der Waals surface area contributed by atoms with Gasteiger partial charge in [0.25, 0.3) is 5.91 Å². The summed E-state index contributed by atoms with van der Waals surface area (Å²) in [5, 5.41) is 3.33. The summed E-state index contributed by atoms with van der Waals surface area (Å²) in [6.45, 7) is 1.65. The van der Waals surface area contributed by atoms with Crippen molar-refractivity contribution in [2.45, 2.75) is 6.92 Å². The van der Waals surface area contributed by atoms with Crippen molar-refractivity contribution in [3.63, 3.8) is 0 Å². The lowest BCUT2D eigenvalue weighted by atomic mass is 10.1. The van der Waals surface area contributed by atoms with Gasteiger partial charge in [-0.15, -0.1) is 0 Å². The van der Waals surface area contributed by atoms with Crippen molar-refractivity contribution in [1.29, 1.82) is 0 Å². The van der Waals surface area contributed by atoms with Crippen LogP contribution in [-0.2, 0) is 4.79 Å². The summed E-state index contributed by atoms with van der Waals surface area (Å²) in [6, 6.07) is 3.48. The Morgan fingerprint density at radius 2 is 2.16 bits per heavy atom. The molecule has 8 heteroatoms. The van der Waals surface area contributed by atoms with E-state index in [0.717, 1.165) is 5.39 Å². The van der Waals surface area contributed by atoms with E-state index in [1.807, 2.05) is 0 Å². The van der Waals surface area contributed by atoms with Crippen LogP contribution in [0.25, 0.3) is 28.2 Å². The molecule has 1 amide bonds. The van der Waals surface area contributed by atoms with Crippen LogP contribution in [0.4, 0.5) is 4.39 Å². The predicted octanol–water partition coefficient (Wildman–Crippen LogP) is 3.83. The summed E-state index contributed by atoms with van der Waals surface area (Å²) in [7, 11) is 0. The van der Waals surface area contributed by atoms with Gasteiger partial charge >= 0.3 is 0 Å². The molecule has 0 bridgehead atoms. The lowest BCUT2D eigenvalue weighted by Gasteiger charge is -2.03. The Kier molecular flexibility index (Phi) is 3.85. The second kappa shape index (κ2) is 6.05. The Morgan fingerprint density at radius 3 is 2.88 bits per heavy atom. The Bertz CT molecular complexity index is 1070. The predicted molar refractivity (Wildman–Crippen MR) is 98.2 cm³/mol. The van der Waals surface area contributed by atoms with Crippen molar-refractivity contribution in [1.82, 2.24) is 15.3 Å². The zero-order valence-corrected chi connectivity index (χ0v) is 14.5. The third kappa shape index (κ3) is 2.94. The van der Waals surface area contributed by atoms with Crippen LogP contribution in [0.2, 0.25) is 0 Å². The summed E-state index contributed by atoms with van der Waals surface area (Å²) < 4.78 is 19.7. The average Bonchev–Trinajstić information content (AvgIpc) is 3.12. The molecule has 3 aromatic rings. The molecule has 3 aromatic heterocycles. The van der Waals surface area contributed by atoms with Crippen LogP contribution >= 0.6 is 24.0 Å². The summed E-state index contributed by atoms with van der Waals surface area (Å²) in [6.07, 6.45) is 6.39.